The number of phosphoric acid groups is 1. The van der Waals surface area contributed by atoms with Crippen molar-refractivity contribution < 1.29 is 18.1 Å². The molecule has 0 aliphatic carbocycles. The molecule has 2 heterocycles. The first-order chi connectivity index (χ1) is 6.61. The molecule has 5 heteroatoms. The molecule has 0 aromatic carbocycles. The Kier molecular flexibility index (Phi) is 2.62. The average Bonchev–Trinajstić information content (AvgIpc) is 2.23. The molecule has 14 heavy (non-hydrogen) atoms. The van der Waals surface area contributed by atoms with Gasteiger partial charge in [-0.1, -0.05) is 12.2 Å². The minimum absolute atomic E-state index is 0.180. The fraction of sp³-hybridized carbons (Fsp3) is 0.556. The lowest BCUT2D eigenvalue weighted by molar-refractivity contribution is 0.0316. The van der Waals surface area contributed by atoms with Crippen molar-refractivity contribution in [3.63, 3.8) is 0 Å². The summed E-state index contributed by atoms with van der Waals surface area (Å²) in [7, 11) is -3.34. The van der Waals surface area contributed by atoms with Crippen LogP contribution >= 0.6 is 7.82 Å². The number of fused-ring (bicyclic) bond motifs is 2. The van der Waals surface area contributed by atoms with Gasteiger partial charge in [-0.15, -0.1) is 6.58 Å². The highest BCUT2D eigenvalue weighted by atomic mass is 31.2. The maximum Gasteiger partial charge on any atom is 0.476 e. The molecule has 78 valence electrons. The van der Waals surface area contributed by atoms with E-state index in [0.29, 0.717) is 13.0 Å². The summed E-state index contributed by atoms with van der Waals surface area (Å²) in [6.07, 6.45) is 3.77. The van der Waals surface area contributed by atoms with Gasteiger partial charge in [0.05, 0.1) is 18.8 Å². The second-order valence-electron chi connectivity index (χ2n) is 3.49. The molecule has 2 bridgehead atoms. The van der Waals surface area contributed by atoms with Gasteiger partial charge in [0, 0.05) is 6.42 Å². The van der Waals surface area contributed by atoms with Crippen LogP contribution in [0.4, 0.5) is 0 Å². The predicted molar refractivity (Wildman–Crippen MR) is 51.9 cm³/mol. The molecule has 2 rings (SSSR count). The van der Waals surface area contributed by atoms with E-state index < -0.39 is 7.82 Å². The van der Waals surface area contributed by atoms with E-state index in [0.717, 1.165) is 5.57 Å². The molecule has 0 aromatic heterocycles. The summed E-state index contributed by atoms with van der Waals surface area (Å²) in [6.45, 7) is 5.83. The summed E-state index contributed by atoms with van der Waals surface area (Å²) in [4.78, 5) is 0. The van der Waals surface area contributed by atoms with E-state index in [1.54, 1.807) is 6.08 Å². The highest BCUT2D eigenvalue weighted by Gasteiger charge is 2.40. The fourth-order valence-corrected chi connectivity index (χ4v) is 3.03. The van der Waals surface area contributed by atoms with Crippen LogP contribution in [0, 0.1) is 0 Å². The summed E-state index contributed by atoms with van der Waals surface area (Å²) in [6, 6.07) is 0. The molecule has 1 fully saturated rings. The smallest absolute Gasteiger partial charge is 0.282 e. The third-order valence-corrected chi connectivity index (χ3v) is 3.68. The Morgan fingerprint density at radius 2 is 2.43 bits per heavy atom. The lowest BCUT2D eigenvalue weighted by Crippen LogP contribution is -2.25. The van der Waals surface area contributed by atoms with Crippen molar-refractivity contribution in [2.45, 2.75) is 25.6 Å². The van der Waals surface area contributed by atoms with Gasteiger partial charge in [-0.25, -0.2) is 4.57 Å². The first kappa shape index (κ1) is 10.1. The Morgan fingerprint density at radius 1 is 1.64 bits per heavy atom. The molecular formula is C9H13O4P. The molecule has 0 spiro atoms. The number of hydrogen-bond acceptors (Lipinski definition) is 4. The Balaban J connectivity index is 2.25. The monoisotopic (exact) mass is 216 g/mol. The van der Waals surface area contributed by atoms with Crippen LogP contribution in [0.25, 0.3) is 0 Å². The zero-order valence-electron chi connectivity index (χ0n) is 8.01. The Labute approximate surface area is 83.2 Å². The second-order valence-corrected chi connectivity index (χ2v) is 5.07. The maximum atomic E-state index is 11.9. The first-order valence-corrected chi connectivity index (χ1v) is 5.98. The van der Waals surface area contributed by atoms with Crippen LogP contribution in [-0.2, 0) is 18.1 Å². The maximum absolute atomic E-state index is 11.9. The van der Waals surface area contributed by atoms with Crippen molar-refractivity contribution >= 4 is 7.82 Å². The van der Waals surface area contributed by atoms with Gasteiger partial charge in [-0.2, -0.15) is 0 Å². The van der Waals surface area contributed by atoms with Gasteiger partial charge in [0.1, 0.15) is 0 Å². The summed E-state index contributed by atoms with van der Waals surface area (Å²) >= 11 is 0. The van der Waals surface area contributed by atoms with Crippen molar-refractivity contribution in [2.75, 3.05) is 6.61 Å². The van der Waals surface area contributed by atoms with Gasteiger partial charge < -0.3 is 0 Å². The summed E-state index contributed by atoms with van der Waals surface area (Å²) < 4.78 is 27.4. The van der Waals surface area contributed by atoms with Crippen LogP contribution < -0.4 is 0 Å². The number of hydrogen-bond donors (Lipinski definition) is 0. The van der Waals surface area contributed by atoms with E-state index in [9.17, 15) is 4.57 Å². The van der Waals surface area contributed by atoms with E-state index in [1.807, 2.05) is 13.0 Å². The van der Waals surface area contributed by atoms with Crippen LogP contribution in [0.15, 0.2) is 24.3 Å². The molecule has 0 N–H and O–H groups in total. The van der Waals surface area contributed by atoms with Crippen LogP contribution in [0.2, 0.25) is 0 Å². The highest BCUT2D eigenvalue weighted by Crippen LogP contribution is 2.57. The third kappa shape index (κ3) is 1.98. The molecule has 4 nitrogen and oxygen atoms in total. The predicted octanol–water partition coefficient (Wildman–Crippen LogP) is 2.43. The van der Waals surface area contributed by atoms with Gasteiger partial charge in [-0.05, 0) is 12.5 Å². The summed E-state index contributed by atoms with van der Waals surface area (Å²) in [5, 5.41) is 0. The van der Waals surface area contributed by atoms with Crippen molar-refractivity contribution in [3.8, 4) is 0 Å². The highest BCUT2D eigenvalue weighted by molar-refractivity contribution is 7.48. The van der Waals surface area contributed by atoms with E-state index in [4.69, 9.17) is 13.6 Å². The van der Waals surface area contributed by atoms with Crippen molar-refractivity contribution in [1.82, 2.24) is 0 Å². The lowest BCUT2D eigenvalue weighted by Gasteiger charge is -2.29. The topological polar surface area (TPSA) is 44.8 Å². The van der Waals surface area contributed by atoms with Crippen LogP contribution in [0.3, 0.4) is 0 Å². The molecule has 0 amide bonds. The van der Waals surface area contributed by atoms with E-state index in [1.165, 1.54) is 0 Å². The number of phosphoric ester groups is 1. The van der Waals surface area contributed by atoms with Crippen molar-refractivity contribution in [2.24, 2.45) is 0 Å². The minimum Gasteiger partial charge on any atom is -0.282 e. The van der Waals surface area contributed by atoms with E-state index in [-0.39, 0.29) is 12.2 Å². The molecule has 0 radical (unpaired) electrons. The average molecular weight is 216 g/mol. The molecular weight excluding hydrogens is 203 g/mol. The molecule has 1 saturated heterocycles. The first-order valence-electron chi connectivity index (χ1n) is 4.52. The van der Waals surface area contributed by atoms with Crippen molar-refractivity contribution in [3.05, 3.63) is 24.3 Å². The quantitative estimate of drug-likeness (QED) is 0.498. The van der Waals surface area contributed by atoms with E-state index >= 15 is 0 Å². The van der Waals surface area contributed by atoms with Crippen LogP contribution in [0.5, 0.6) is 0 Å². The van der Waals surface area contributed by atoms with Gasteiger partial charge in [0.15, 0.2) is 0 Å². The normalized spacial score (nSPS) is 42.5. The minimum atomic E-state index is -3.34. The molecule has 2 aliphatic heterocycles. The summed E-state index contributed by atoms with van der Waals surface area (Å²) in [5.74, 6) is 0. The summed E-state index contributed by atoms with van der Waals surface area (Å²) in [5.41, 5.74) is 1.01. The van der Waals surface area contributed by atoms with Crippen LogP contribution in [-0.4, -0.2) is 18.8 Å². The second kappa shape index (κ2) is 3.63. The van der Waals surface area contributed by atoms with Gasteiger partial charge >= 0.3 is 7.82 Å². The zero-order chi connectivity index (χ0) is 10.2. The standard InChI is InChI=1S/C9H13O4P/c1-3-8-5-9-4-7(2)6-11-14(10,12-8)13-9/h3-4,8-9H,1,5-6H2,2H3/t8-,9+,14?/m0/s1. The number of rotatable bonds is 1. The lowest BCUT2D eigenvalue weighted by atomic mass is 10.1. The van der Waals surface area contributed by atoms with Gasteiger partial charge in [0.2, 0.25) is 0 Å². The molecule has 0 aromatic rings. The third-order valence-electron chi connectivity index (χ3n) is 2.18. The SMILES string of the molecule is C=C[C@H]1C[C@H]2C=C(C)COP(=O)(O2)O1. The Hall–Kier alpha value is -0.410. The zero-order valence-corrected chi connectivity index (χ0v) is 8.91. The molecule has 2 aliphatic rings. The van der Waals surface area contributed by atoms with Crippen LogP contribution in [0.1, 0.15) is 13.3 Å². The largest absolute Gasteiger partial charge is 0.476 e. The Bertz CT molecular complexity index is 323. The van der Waals surface area contributed by atoms with Crippen molar-refractivity contribution in [1.29, 1.82) is 0 Å². The molecule has 0 saturated carbocycles. The fourth-order valence-electron chi connectivity index (χ4n) is 1.52. The van der Waals surface area contributed by atoms with Gasteiger partial charge in [-0.3, -0.25) is 13.6 Å². The van der Waals surface area contributed by atoms with Gasteiger partial charge in [0.25, 0.3) is 0 Å². The van der Waals surface area contributed by atoms with E-state index in [2.05, 4.69) is 6.58 Å². The Morgan fingerprint density at radius 3 is 3.14 bits per heavy atom. The molecule has 3 atom stereocenters. The molecule has 1 unspecified atom stereocenters.